The van der Waals surface area contributed by atoms with Gasteiger partial charge in [-0.15, -0.1) is 0 Å². The van der Waals surface area contributed by atoms with Crippen LogP contribution in [0, 0.1) is 5.92 Å². The molecule has 0 aromatic heterocycles. The van der Waals surface area contributed by atoms with E-state index < -0.39 is 0 Å². The Kier molecular flexibility index (Phi) is 7.54. The quantitative estimate of drug-likeness (QED) is 0.802. The molecule has 1 aromatic rings. The van der Waals surface area contributed by atoms with E-state index in [9.17, 15) is 4.79 Å². The summed E-state index contributed by atoms with van der Waals surface area (Å²) in [5.74, 6) is 1.43. The van der Waals surface area contributed by atoms with Crippen LogP contribution in [0.15, 0.2) is 18.2 Å². The number of benzene rings is 1. The Labute approximate surface area is 132 Å². The van der Waals surface area contributed by atoms with Crippen LogP contribution >= 0.6 is 11.6 Å². The van der Waals surface area contributed by atoms with E-state index in [2.05, 4.69) is 19.2 Å². The molecule has 1 rings (SSSR count). The van der Waals surface area contributed by atoms with E-state index >= 15 is 0 Å². The van der Waals surface area contributed by atoms with Gasteiger partial charge in [0.2, 0.25) is 5.91 Å². The summed E-state index contributed by atoms with van der Waals surface area (Å²) in [4.78, 5) is 13.1. The van der Waals surface area contributed by atoms with Crippen LogP contribution in [0.25, 0.3) is 0 Å². The van der Waals surface area contributed by atoms with Gasteiger partial charge in [-0.05, 0) is 30.7 Å². The van der Waals surface area contributed by atoms with E-state index in [0.717, 1.165) is 17.9 Å². The van der Waals surface area contributed by atoms with E-state index in [4.69, 9.17) is 16.3 Å². The summed E-state index contributed by atoms with van der Waals surface area (Å²) in [5, 5.41) is 4.06. The zero-order valence-corrected chi connectivity index (χ0v) is 14.0. The third kappa shape index (κ3) is 6.82. The molecule has 0 saturated heterocycles. The predicted octanol–water partition coefficient (Wildman–Crippen LogP) is 2.94. The lowest BCUT2D eigenvalue weighted by Gasteiger charge is -2.15. The van der Waals surface area contributed by atoms with Crippen molar-refractivity contribution in [2.45, 2.75) is 26.8 Å². The lowest BCUT2D eigenvalue weighted by Crippen LogP contribution is -2.23. The van der Waals surface area contributed by atoms with Crippen molar-refractivity contribution in [2.24, 2.45) is 5.92 Å². The van der Waals surface area contributed by atoms with Crippen molar-refractivity contribution in [3.63, 3.8) is 0 Å². The summed E-state index contributed by atoms with van der Waals surface area (Å²) in [6.07, 6.45) is 0.370. The molecule has 0 bridgehead atoms. The minimum Gasteiger partial charge on any atom is -0.493 e. The average Bonchev–Trinajstić information content (AvgIpc) is 2.40. The summed E-state index contributed by atoms with van der Waals surface area (Å²) in [5.41, 5.74) is 1.01. The van der Waals surface area contributed by atoms with Crippen molar-refractivity contribution in [3.05, 3.63) is 28.8 Å². The summed E-state index contributed by atoms with van der Waals surface area (Å²) < 4.78 is 5.72. The van der Waals surface area contributed by atoms with Gasteiger partial charge in [0.25, 0.3) is 0 Å². The number of amides is 1. The molecule has 0 heterocycles. The van der Waals surface area contributed by atoms with Crippen LogP contribution < -0.4 is 10.1 Å². The summed E-state index contributed by atoms with van der Waals surface area (Å²) >= 11 is 6.04. The molecule has 4 nitrogen and oxygen atoms in total. The molecule has 0 spiro atoms. The fourth-order valence-corrected chi connectivity index (χ4v) is 1.99. The lowest BCUT2D eigenvalue weighted by atomic mass is 10.2. The number of carbonyl (C=O) groups is 1. The third-order valence-electron chi connectivity index (χ3n) is 2.96. The maximum Gasteiger partial charge on any atom is 0.225 e. The maximum atomic E-state index is 11.5. The number of nitrogens with one attached hydrogen (secondary N) is 1. The average molecular weight is 313 g/mol. The van der Waals surface area contributed by atoms with Crippen LogP contribution in [-0.4, -0.2) is 38.1 Å². The smallest absolute Gasteiger partial charge is 0.225 e. The number of nitrogens with zero attached hydrogens (tertiary/aromatic N) is 1. The Hall–Kier alpha value is -1.26. The zero-order chi connectivity index (χ0) is 15.8. The van der Waals surface area contributed by atoms with Gasteiger partial charge in [0.1, 0.15) is 5.75 Å². The van der Waals surface area contributed by atoms with Gasteiger partial charge in [0, 0.05) is 31.2 Å². The first-order valence-electron chi connectivity index (χ1n) is 7.22. The summed E-state index contributed by atoms with van der Waals surface area (Å²) in [7, 11) is 3.48. The highest BCUT2D eigenvalue weighted by molar-refractivity contribution is 6.30. The molecule has 1 aromatic carbocycles. The minimum atomic E-state index is 0.0587. The monoisotopic (exact) mass is 312 g/mol. The van der Waals surface area contributed by atoms with E-state index in [1.807, 2.05) is 12.1 Å². The number of hydrogen-bond donors (Lipinski definition) is 1. The van der Waals surface area contributed by atoms with E-state index in [1.165, 1.54) is 0 Å². The second kappa shape index (κ2) is 8.90. The molecule has 1 N–H and O–H groups in total. The third-order valence-corrected chi connectivity index (χ3v) is 3.20. The van der Waals surface area contributed by atoms with Gasteiger partial charge in [-0.2, -0.15) is 0 Å². The SMILES string of the molecule is CC(C)CNCc1cc(Cl)ccc1OCCC(=O)N(C)C. The van der Waals surface area contributed by atoms with Crippen molar-refractivity contribution >= 4 is 17.5 Å². The van der Waals surface area contributed by atoms with Crippen molar-refractivity contribution < 1.29 is 9.53 Å². The van der Waals surface area contributed by atoms with Crippen molar-refractivity contribution in [3.8, 4) is 5.75 Å². The van der Waals surface area contributed by atoms with Crippen LogP contribution in [0.3, 0.4) is 0 Å². The molecule has 0 atom stereocenters. The van der Waals surface area contributed by atoms with Gasteiger partial charge in [0.15, 0.2) is 0 Å². The summed E-state index contributed by atoms with van der Waals surface area (Å²) in [6, 6.07) is 5.56. The Morgan fingerprint density at radius 1 is 1.38 bits per heavy atom. The maximum absolute atomic E-state index is 11.5. The van der Waals surface area contributed by atoms with Gasteiger partial charge >= 0.3 is 0 Å². The van der Waals surface area contributed by atoms with Gasteiger partial charge in [-0.1, -0.05) is 25.4 Å². The molecule has 0 aliphatic carbocycles. The minimum absolute atomic E-state index is 0.0587. The predicted molar refractivity (Wildman–Crippen MR) is 86.8 cm³/mol. The Balaban J connectivity index is 2.57. The van der Waals surface area contributed by atoms with Crippen molar-refractivity contribution in [2.75, 3.05) is 27.2 Å². The Bertz CT molecular complexity index is 462. The van der Waals surface area contributed by atoms with E-state index in [-0.39, 0.29) is 5.91 Å². The second-order valence-electron chi connectivity index (χ2n) is 5.66. The largest absolute Gasteiger partial charge is 0.493 e. The van der Waals surface area contributed by atoms with Gasteiger partial charge < -0.3 is 15.0 Å². The molecule has 0 aliphatic heterocycles. The lowest BCUT2D eigenvalue weighted by molar-refractivity contribution is -0.129. The van der Waals surface area contributed by atoms with Crippen LogP contribution in [-0.2, 0) is 11.3 Å². The number of ether oxygens (including phenoxy) is 1. The van der Waals surface area contributed by atoms with Gasteiger partial charge in [-0.25, -0.2) is 0 Å². The fraction of sp³-hybridized carbons (Fsp3) is 0.562. The first kappa shape index (κ1) is 17.8. The van der Waals surface area contributed by atoms with E-state index in [0.29, 0.717) is 30.5 Å². The molecule has 0 aliphatic rings. The van der Waals surface area contributed by atoms with Crippen LogP contribution in [0.2, 0.25) is 5.02 Å². The molecule has 0 fully saturated rings. The first-order valence-corrected chi connectivity index (χ1v) is 7.60. The van der Waals surface area contributed by atoms with Gasteiger partial charge in [-0.3, -0.25) is 4.79 Å². The highest BCUT2D eigenvalue weighted by Gasteiger charge is 2.08. The van der Waals surface area contributed by atoms with Gasteiger partial charge in [0.05, 0.1) is 13.0 Å². The number of carbonyl (C=O) groups excluding carboxylic acids is 1. The van der Waals surface area contributed by atoms with Crippen molar-refractivity contribution in [1.82, 2.24) is 10.2 Å². The summed E-state index contributed by atoms with van der Waals surface area (Å²) in [6.45, 7) is 6.33. The van der Waals surface area contributed by atoms with Crippen LogP contribution in [0.1, 0.15) is 25.8 Å². The highest BCUT2D eigenvalue weighted by atomic mass is 35.5. The molecule has 1 amide bonds. The fourth-order valence-electron chi connectivity index (χ4n) is 1.79. The van der Waals surface area contributed by atoms with Crippen LogP contribution in [0.5, 0.6) is 5.75 Å². The first-order chi connectivity index (χ1) is 9.90. The van der Waals surface area contributed by atoms with Crippen molar-refractivity contribution in [1.29, 1.82) is 0 Å². The molecule has 0 radical (unpaired) electrons. The molecule has 118 valence electrons. The topological polar surface area (TPSA) is 41.6 Å². The highest BCUT2D eigenvalue weighted by Crippen LogP contribution is 2.23. The van der Waals surface area contributed by atoms with E-state index in [1.54, 1.807) is 25.1 Å². The second-order valence-corrected chi connectivity index (χ2v) is 6.10. The zero-order valence-electron chi connectivity index (χ0n) is 13.3. The Morgan fingerprint density at radius 3 is 2.71 bits per heavy atom. The molecule has 5 heteroatoms. The van der Waals surface area contributed by atoms with Crippen LogP contribution in [0.4, 0.5) is 0 Å². The number of rotatable bonds is 8. The molecule has 21 heavy (non-hydrogen) atoms. The molecule has 0 saturated carbocycles. The normalized spacial score (nSPS) is 10.8. The Morgan fingerprint density at radius 2 is 2.10 bits per heavy atom. The molecular weight excluding hydrogens is 288 g/mol. The number of hydrogen-bond acceptors (Lipinski definition) is 3. The number of halogens is 1. The molecular formula is C16H25ClN2O2. The molecule has 0 unspecified atom stereocenters. The standard InChI is InChI=1S/C16H25ClN2O2/c1-12(2)10-18-11-13-9-14(17)5-6-15(13)21-8-7-16(20)19(3)4/h5-6,9,12,18H,7-8,10-11H2,1-4H3.